The highest BCUT2D eigenvalue weighted by atomic mass is 35.5. The van der Waals surface area contributed by atoms with E-state index in [2.05, 4.69) is 5.32 Å². The zero-order valence-electron chi connectivity index (χ0n) is 17.2. The number of carbonyl (C=O) groups is 1. The maximum Gasteiger partial charge on any atom is 0.243 e. The van der Waals surface area contributed by atoms with Crippen molar-refractivity contribution in [2.24, 2.45) is 5.92 Å². The number of sulfonamides is 1. The molecule has 1 N–H and O–H groups in total. The molecule has 2 atom stereocenters. The van der Waals surface area contributed by atoms with Gasteiger partial charge in [-0.05, 0) is 63.1 Å². The summed E-state index contributed by atoms with van der Waals surface area (Å²) < 4.78 is 32.9. The first-order valence-electron chi connectivity index (χ1n) is 10.0. The van der Waals surface area contributed by atoms with Crippen LogP contribution in [0, 0.1) is 12.8 Å². The summed E-state index contributed by atoms with van der Waals surface area (Å²) in [6, 6.07) is 13.6. The monoisotopic (exact) mass is 450 g/mol. The number of amides is 1. The van der Waals surface area contributed by atoms with Crippen molar-refractivity contribution in [1.29, 1.82) is 0 Å². The van der Waals surface area contributed by atoms with Crippen molar-refractivity contribution >= 4 is 27.5 Å². The molecule has 1 aliphatic rings. The predicted octanol–water partition coefficient (Wildman–Crippen LogP) is 3.63. The van der Waals surface area contributed by atoms with Crippen molar-refractivity contribution in [3.63, 3.8) is 0 Å². The minimum atomic E-state index is -3.65. The number of hydrogen-bond acceptors (Lipinski definition) is 4. The molecule has 30 heavy (non-hydrogen) atoms. The van der Waals surface area contributed by atoms with E-state index in [1.165, 1.54) is 16.4 Å². The van der Waals surface area contributed by atoms with Gasteiger partial charge in [0.25, 0.3) is 0 Å². The smallest absolute Gasteiger partial charge is 0.243 e. The molecule has 0 spiro atoms. The fourth-order valence-corrected chi connectivity index (χ4v) is 5.04. The second-order valence-electron chi connectivity index (χ2n) is 7.69. The number of ether oxygens (including phenoxy) is 1. The van der Waals surface area contributed by atoms with Gasteiger partial charge in [0.15, 0.2) is 0 Å². The number of nitrogens with zero attached hydrogens (tertiary/aromatic N) is 1. The van der Waals surface area contributed by atoms with Crippen LogP contribution in [-0.2, 0) is 14.8 Å². The largest absolute Gasteiger partial charge is 0.491 e. The van der Waals surface area contributed by atoms with Gasteiger partial charge in [-0.1, -0.05) is 29.3 Å². The molecule has 3 rings (SSSR count). The maximum absolute atomic E-state index is 12.9. The lowest BCUT2D eigenvalue weighted by atomic mass is 9.98. The van der Waals surface area contributed by atoms with E-state index in [1.54, 1.807) is 12.1 Å². The topological polar surface area (TPSA) is 75.7 Å². The lowest BCUT2D eigenvalue weighted by Gasteiger charge is -2.31. The molecule has 1 saturated heterocycles. The Kier molecular flexibility index (Phi) is 7.39. The van der Waals surface area contributed by atoms with E-state index < -0.39 is 10.0 Å². The minimum Gasteiger partial charge on any atom is -0.491 e. The Morgan fingerprint density at radius 3 is 2.53 bits per heavy atom. The maximum atomic E-state index is 12.9. The molecule has 6 nitrogen and oxygen atoms in total. The first-order valence-corrected chi connectivity index (χ1v) is 11.8. The average molecular weight is 451 g/mol. The molecule has 8 heteroatoms. The highest BCUT2D eigenvalue weighted by Gasteiger charge is 2.33. The van der Waals surface area contributed by atoms with E-state index >= 15 is 0 Å². The molecule has 0 radical (unpaired) electrons. The molecule has 0 aromatic heterocycles. The van der Waals surface area contributed by atoms with Crippen molar-refractivity contribution in [3.05, 3.63) is 59.1 Å². The average Bonchev–Trinajstić information content (AvgIpc) is 2.74. The molecule has 0 unspecified atom stereocenters. The van der Waals surface area contributed by atoms with Gasteiger partial charge in [0.1, 0.15) is 12.4 Å². The van der Waals surface area contributed by atoms with Crippen LogP contribution < -0.4 is 10.1 Å². The predicted molar refractivity (Wildman–Crippen MR) is 117 cm³/mol. The summed E-state index contributed by atoms with van der Waals surface area (Å²) in [5.41, 5.74) is 1.15. The molecule has 1 aliphatic heterocycles. The van der Waals surface area contributed by atoms with Crippen LogP contribution in [0.25, 0.3) is 0 Å². The molecule has 0 bridgehead atoms. The van der Waals surface area contributed by atoms with Crippen LogP contribution in [0.1, 0.15) is 25.3 Å². The zero-order valence-corrected chi connectivity index (χ0v) is 18.7. The van der Waals surface area contributed by atoms with Crippen molar-refractivity contribution in [1.82, 2.24) is 9.62 Å². The quantitative estimate of drug-likeness (QED) is 0.698. The van der Waals surface area contributed by atoms with E-state index in [4.69, 9.17) is 16.3 Å². The normalized spacial score (nSPS) is 18.6. The van der Waals surface area contributed by atoms with Gasteiger partial charge in [0.2, 0.25) is 15.9 Å². The van der Waals surface area contributed by atoms with Crippen LogP contribution in [0.4, 0.5) is 0 Å². The molecule has 0 aliphatic carbocycles. The highest BCUT2D eigenvalue weighted by Crippen LogP contribution is 2.25. The first kappa shape index (κ1) is 22.6. The lowest BCUT2D eigenvalue weighted by molar-refractivity contribution is -0.126. The van der Waals surface area contributed by atoms with Crippen molar-refractivity contribution in [3.8, 4) is 5.75 Å². The SMILES string of the molecule is Cc1ccc(OC[C@@H](C)NC(=O)[C@H]2CCCN(S(=O)(=O)c3ccc(Cl)cc3)C2)cc1. The van der Waals surface area contributed by atoms with Crippen LogP contribution in [0.2, 0.25) is 5.02 Å². The van der Waals surface area contributed by atoms with Crippen molar-refractivity contribution < 1.29 is 17.9 Å². The summed E-state index contributed by atoms with van der Waals surface area (Å²) in [5.74, 6) is 0.216. The van der Waals surface area contributed by atoms with Gasteiger partial charge in [-0.25, -0.2) is 8.42 Å². The van der Waals surface area contributed by atoms with Gasteiger partial charge >= 0.3 is 0 Å². The van der Waals surface area contributed by atoms with Gasteiger partial charge in [-0.3, -0.25) is 4.79 Å². The molecule has 1 fully saturated rings. The van der Waals surface area contributed by atoms with Crippen LogP contribution in [0.15, 0.2) is 53.4 Å². The highest BCUT2D eigenvalue weighted by molar-refractivity contribution is 7.89. The Bertz CT molecular complexity index is 962. The van der Waals surface area contributed by atoms with Gasteiger partial charge < -0.3 is 10.1 Å². The number of rotatable bonds is 7. The standard InChI is InChI=1S/C22H27ClN2O4S/c1-16-5-9-20(10-6-16)29-15-17(2)24-22(26)18-4-3-13-25(14-18)30(27,28)21-11-7-19(23)8-12-21/h5-12,17-18H,3-4,13-15H2,1-2H3,(H,24,26)/t17-,18+/m1/s1. The van der Waals surface area contributed by atoms with E-state index in [-0.39, 0.29) is 29.3 Å². The summed E-state index contributed by atoms with van der Waals surface area (Å²) >= 11 is 5.86. The third-order valence-electron chi connectivity index (χ3n) is 5.12. The van der Waals surface area contributed by atoms with Crippen molar-refractivity contribution in [2.45, 2.75) is 37.6 Å². The van der Waals surface area contributed by atoms with E-state index in [0.717, 1.165) is 11.3 Å². The van der Waals surface area contributed by atoms with E-state index in [1.807, 2.05) is 38.1 Å². The number of carbonyl (C=O) groups excluding carboxylic acids is 1. The van der Waals surface area contributed by atoms with Crippen LogP contribution in [-0.4, -0.2) is 44.4 Å². The first-order chi connectivity index (χ1) is 14.3. The van der Waals surface area contributed by atoms with Gasteiger partial charge in [-0.15, -0.1) is 0 Å². The second-order valence-corrected chi connectivity index (χ2v) is 10.1. The molecular weight excluding hydrogens is 424 g/mol. The number of piperidine rings is 1. The third kappa shape index (κ3) is 5.74. The molecule has 2 aromatic carbocycles. The summed E-state index contributed by atoms with van der Waals surface area (Å²) in [4.78, 5) is 12.9. The number of aryl methyl sites for hydroxylation is 1. The van der Waals surface area contributed by atoms with Crippen molar-refractivity contribution in [2.75, 3.05) is 19.7 Å². The van der Waals surface area contributed by atoms with Gasteiger partial charge in [0, 0.05) is 18.1 Å². The summed E-state index contributed by atoms with van der Waals surface area (Å²) in [6.07, 6.45) is 1.29. The number of halogens is 1. The Morgan fingerprint density at radius 1 is 1.20 bits per heavy atom. The number of benzene rings is 2. The Balaban J connectivity index is 1.55. The third-order valence-corrected chi connectivity index (χ3v) is 7.25. The number of hydrogen-bond donors (Lipinski definition) is 1. The molecule has 162 valence electrons. The Morgan fingerprint density at radius 2 is 1.87 bits per heavy atom. The van der Waals surface area contributed by atoms with Crippen LogP contribution >= 0.6 is 11.6 Å². The summed E-state index contributed by atoms with van der Waals surface area (Å²) in [7, 11) is -3.65. The fourth-order valence-electron chi connectivity index (χ4n) is 3.39. The zero-order chi connectivity index (χ0) is 21.7. The molecule has 1 heterocycles. The second kappa shape index (κ2) is 9.81. The van der Waals surface area contributed by atoms with Crippen LogP contribution in [0.5, 0.6) is 5.75 Å². The van der Waals surface area contributed by atoms with Gasteiger partial charge in [0.05, 0.1) is 16.9 Å². The summed E-state index contributed by atoms with van der Waals surface area (Å²) in [5, 5.41) is 3.43. The minimum absolute atomic E-state index is 0.147. The molecule has 1 amide bonds. The van der Waals surface area contributed by atoms with Crippen LogP contribution in [0.3, 0.4) is 0 Å². The van der Waals surface area contributed by atoms with Gasteiger partial charge in [-0.2, -0.15) is 4.31 Å². The number of nitrogens with one attached hydrogen (secondary N) is 1. The Labute approximate surface area is 183 Å². The van der Waals surface area contributed by atoms with E-state index in [0.29, 0.717) is 31.0 Å². The lowest BCUT2D eigenvalue weighted by Crippen LogP contribution is -2.48. The molecular formula is C22H27ClN2O4S. The Hall–Kier alpha value is -2.09. The fraction of sp³-hybridized carbons (Fsp3) is 0.409. The summed E-state index contributed by atoms with van der Waals surface area (Å²) in [6.45, 7) is 4.79. The molecule has 0 saturated carbocycles. The molecule has 2 aromatic rings. The van der Waals surface area contributed by atoms with E-state index in [9.17, 15) is 13.2 Å².